The predicted octanol–water partition coefficient (Wildman–Crippen LogP) is 2.67. The van der Waals surface area contributed by atoms with Gasteiger partial charge >= 0.3 is 0 Å². The van der Waals surface area contributed by atoms with Crippen molar-refractivity contribution in [3.05, 3.63) is 46.5 Å². The molecule has 0 radical (unpaired) electrons. The number of aromatic amines is 1. The molecule has 0 saturated carbocycles. The number of amides is 1. The third-order valence-corrected chi connectivity index (χ3v) is 4.76. The maximum Gasteiger partial charge on any atom is 0.220 e. The monoisotopic (exact) mass is 326 g/mol. The van der Waals surface area contributed by atoms with Gasteiger partial charge in [-0.25, -0.2) is 0 Å². The molecule has 3 rings (SSSR count). The third kappa shape index (κ3) is 4.02. The van der Waals surface area contributed by atoms with E-state index in [1.807, 2.05) is 13.0 Å². The highest BCUT2D eigenvalue weighted by molar-refractivity contribution is 5.76. The smallest absolute Gasteiger partial charge is 0.220 e. The molecule has 1 aliphatic rings. The van der Waals surface area contributed by atoms with E-state index in [2.05, 4.69) is 33.5 Å². The van der Waals surface area contributed by atoms with E-state index < -0.39 is 0 Å². The average Bonchev–Trinajstić information content (AvgIpc) is 2.98. The van der Waals surface area contributed by atoms with Crippen LogP contribution in [0.5, 0.6) is 0 Å². The lowest BCUT2D eigenvalue weighted by atomic mass is 9.94. The lowest BCUT2D eigenvalue weighted by Gasteiger charge is -2.15. The number of pyridine rings is 1. The summed E-state index contributed by atoms with van der Waals surface area (Å²) in [6, 6.07) is 4.07. The van der Waals surface area contributed by atoms with E-state index >= 15 is 0 Å². The number of nitrogens with zero attached hydrogens (tertiary/aromatic N) is 2. The Hall–Kier alpha value is -2.17. The molecule has 128 valence electrons. The maximum absolute atomic E-state index is 12.2. The Morgan fingerprint density at radius 2 is 2.17 bits per heavy atom. The number of rotatable bonds is 6. The van der Waals surface area contributed by atoms with Gasteiger partial charge in [-0.2, -0.15) is 5.10 Å². The van der Waals surface area contributed by atoms with Crippen LogP contribution < -0.4 is 5.32 Å². The third-order valence-electron chi connectivity index (χ3n) is 4.76. The number of H-pyrrole nitrogens is 1. The van der Waals surface area contributed by atoms with Gasteiger partial charge in [0, 0.05) is 42.9 Å². The highest BCUT2D eigenvalue weighted by Crippen LogP contribution is 2.22. The molecule has 1 atom stereocenters. The van der Waals surface area contributed by atoms with Crippen LogP contribution in [-0.2, 0) is 30.5 Å². The highest BCUT2D eigenvalue weighted by Gasteiger charge is 2.18. The van der Waals surface area contributed by atoms with Crippen LogP contribution in [0, 0.1) is 6.92 Å². The first-order valence-electron chi connectivity index (χ1n) is 8.88. The molecule has 24 heavy (non-hydrogen) atoms. The normalized spacial score (nSPS) is 14.9. The van der Waals surface area contributed by atoms with Gasteiger partial charge in [-0.1, -0.05) is 6.07 Å². The minimum Gasteiger partial charge on any atom is -0.353 e. The van der Waals surface area contributed by atoms with Crippen molar-refractivity contribution in [2.75, 3.05) is 0 Å². The van der Waals surface area contributed by atoms with Crippen LogP contribution in [0.15, 0.2) is 18.3 Å². The Morgan fingerprint density at radius 3 is 3.00 bits per heavy atom. The van der Waals surface area contributed by atoms with Crippen molar-refractivity contribution in [1.82, 2.24) is 20.5 Å². The van der Waals surface area contributed by atoms with Gasteiger partial charge in [0.2, 0.25) is 5.91 Å². The van der Waals surface area contributed by atoms with Crippen molar-refractivity contribution >= 4 is 5.91 Å². The number of carbonyl (C=O) groups is 1. The standard InChI is InChI=1S/C19H26N4O/c1-13-6-5-11-20-18(13)12-14(2)21-19(24)10-9-17-15-7-3-4-8-16(15)22-23-17/h5-6,11,14H,3-4,7-10,12H2,1-2H3,(H,21,24)(H,22,23)/t14-/m0/s1. The van der Waals surface area contributed by atoms with Gasteiger partial charge in [-0.05, 0) is 56.7 Å². The summed E-state index contributed by atoms with van der Waals surface area (Å²) < 4.78 is 0. The summed E-state index contributed by atoms with van der Waals surface area (Å²) in [7, 11) is 0. The van der Waals surface area contributed by atoms with Crippen LogP contribution in [0.1, 0.15) is 54.4 Å². The molecule has 0 aliphatic heterocycles. The van der Waals surface area contributed by atoms with Gasteiger partial charge < -0.3 is 5.32 Å². The van der Waals surface area contributed by atoms with Gasteiger partial charge in [0.15, 0.2) is 0 Å². The molecule has 0 fully saturated rings. The predicted molar refractivity (Wildman–Crippen MR) is 93.8 cm³/mol. The fourth-order valence-electron chi connectivity index (χ4n) is 3.41. The Labute approximate surface area is 143 Å². The van der Waals surface area contributed by atoms with Crippen molar-refractivity contribution < 1.29 is 4.79 Å². The first-order valence-corrected chi connectivity index (χ1v) is 8.88. The topological polar surface area (TPSA) is 70.7 Å². The molecule has 0 saturated heterocycles. The lowest BCUT2D eigenvalue weighted by molar-refractivity contribution is -0.121. The second-order valence-electron chi connectivity index (χ2n) is 6.77. The summed E-state index contributed by atoms with van der Waals surface area (Å²) in [4.78, 5) is 16.6. The number of aryl methyl sites for hydroxylation is 3. The van der Waals surface area contributed by atoms with Crippen LogP contribution in [-0.4, -0.2) is 27.1 Å². The minimum atomic E-state index is 0.0826. The molecule has 5 heteroatoms. The zero-order valence-corrected chi connectivity index (χ0v) is 14.6. The summed E-state index contributed by atoms with van der Waals surface area (Å²) in [6.45, 7) is 4.08. The molecular weight excluding hydrogens is 300 g/mol. The second kappa shape index (κ2) is 7.60. The van der Waals surface area contributed by atoms with E-state index in [4.69, 9.17) is 0 Å². The number of nitrogens with one attached hydrogen (secondary N) is 2. The average molecular weight is 326 g/mol. The van der Waals surface area contributed by atoms with Crippen molar-refractivity contribution in [3.8, 4) is 0 Å². The quantitative estimate of drug-likeness (QED) is 0.857. The molecule has 2 aromatic heterocycles. The molecule has 2 N–H and O–H groups in total. The number of hydrogen-bond donors (Lipinski definition) is 2. The first kappa shape index (κ1) is 16.7. The molecule has 0 unspecified atom stereocenters. The Kier molecular flexibility index (Phi) is 5.28. The van der Waals surface area contributed by atoms with E-state index in [1.54, 1.807) is 6.20 Å². The van der Waals surface area contributed by atoms with Crippen LogP contribution in [0.2, 0.25) is 0 Å². The summed E-state index contributed by atoms with van der Waals surface area (Å²) >= 11 is 0. The summed E-state index contributed by atoms with van der Waals surface area (Å²) in [5.74, 6) is 0.0867. The van der Waals surface area contributed by atoms with Gasteiger partial charge in [0.05, 0.1) is 5.69 Å². The number of aromatic nitrogens is 3. The Morgan fingerprint density at radius 1 is 1.33 bits per heavy atom. The summed E-state index contributed by atoms with van der Waals surface area (Å²) in [5.41, 5.74) is 5.92. The van der Waals surface area contributed by atoms with Gasteiger partial charge in [-0.15, -0.1) is 0 Å². The minimum absolute atomic E-state index is 0.0826. The van der Waals surface area contributed by atoms with E-state index in [9.17, 15) is 4.79 Å². The molecule has 0 spiro atoms. The maximum atomic E-state index is 12.2. The van der Waals surface area contributed by atoms with Crippen molar-refractivity contribution in [2.24, 2.45) is 0 Å². The van der Waals surface area contributed by atoms with Crippen molar-refractivity contribution in [1.29, 1.82) is 0 Å². The number of hydrogen-bond acceptors (Lipinski definition) is 3. The largest absolute Gasteiger partial charge is 0.353 e. The Balaban J connectivity index is 1.49. The van der Waals surface area contributed by atoms with E-state index in [1.165, 1.54) is 29.7 Å². The van der Waals surface area contributed by atoms with E-state index in [0.717, 1.165) is 30.7 Å². The van der Waals surface area contributed by atoms with Crippen LogP contribution >= 0.6 is 0 Å². The SMILES string of the molecule is Cc1cccnc1C[C@H](C)NC(=O)CCc1n[nH]c2c1CCCC2. The fourth-order valence-corrected chi connectivity index (χ4v) is 3.41. The number of fused-ring (bicyclic) bond motifs is 1. The second-order valence-corrected chi connectivity index (χ2v) is 6.77. The first-order chi connectivity index (χ1) is 11.6. The molecule has 2 heterocycles. The lowest BCUT2D eigenvalue weighted by Crippen LogP contribution is -2.34. The molecule has 1 aliphatic carbocycles. The molecule has 2 aromatic rings. The zero-order valence-electron chi connectivity index (χ0n) is 14.6. The molecular formula is C19H26N4O. The zero-order chi connectivity index (χ0) is 16.9. The highest BCUT2D eigenvalue weighted by atomic mass is 16.1. The molecule has 0 bridgehead atoms. The van der Waals surface area contributed by atoms with Crippen molar-refractivity contribution in [2.45, 2.75) is 64.8 Å². The molecule has 5 nitrogen and oxygen atoms in total. The molecule has 1 amide bonds. The Bertz CT molecular complexity index is 707. The van der Waals surface area contributed by atoms with Gasteiger partial charge in [0.1, 0.15) is 0 Å². The summed E-state index contributed by atoms with van der Waals surface area (Å²) in [5, 5.41) is 10.6. The van der Waals surface area contributed by atoms with Gasteiger partial charge in [0.25, 0.3) is 0 Å². The molecule has 0 aromatic carbocycles. The van der Waals surface area contributed by atoms with E-state index in [-0.39, 0.29) is 11.9 Å². The van der Waals surface area contributed by atoms with Crippen LogP contribution in [0.3, 0.4) is 0 Å². The summed E-state index contributed by atoms with van der Waals surface area (Å²) in [6.07, 6.45) is 8.42. The van der Waals surface area contributed by atoms with Crippen LogP contribution in [0.4, 0.5) is 0 Å². The van der Waals surface area contributed by atoms with Crippen LogP contribution in [0.25, 0.3) is 0 Å². The van der Waals surface area contributed by atoms with Crippen molar-refractivity contribution in [3.63, 3.8) is 0 Å². The van der Waals surface area contributed by atoms with E-state index in [0.29, 0.717) is 12.8 Å². The number of carbonyl (C=O) groups excluding carboxylic acids is 1. The van der Waals surface area contributed by atoms with Gasteiger partial charge in [-0.3, -0.25) is 14.9 Å². The fraction of sp³-hybridized carbons (Fsp3) is 0.526.